The monoisotopic (exact) mass is 283 g/mol. The summed E-state index contributed by atoms with van der Waals surface area (Å²) in [6, 6.07) is 13.7. The quantitative estimate of drug-likeness (QED) is 0.783. The predicted octanol–water partition coefficient (Wildman–Crippen LogP) is 4.20. The predicted molar refractivity (Wildman–Crippen MR) is 83.1 cm³/mol. The molecular formula is C16H14ClN3. The zero-order valence-electron chi connectivity index (χ0n) is 11.1. The van der Waals surface area contributed by atoms with Crippen LogP contribution < -0.4 is 5.32 Å². The highest BCUT2D eigenvalue weighted by Crippen LogP contribution is 2.25. The highest BCUT2D eigenvalue weighted by molar-refractivity contribution is 6.33. The molecule has 0 atom stereocenters. The first-order valence-electron chi connectivity index (χ1n) is 6.44. The molecular weight excluding hydrogens is 270 g/mol. The molecule has 0 saturated carbocycles. The summed E-state index contributed by atoms with van der Waals surface area (Å²) >= 11 is 6.19. The Morgan fingerprint density at radius 2 is 1.85 bits per heavy atom. The summed E-state index contributed by atoms with van der Waals surface area (Å²) in [5.41, 5.74) is 4.77. The summed E-state index contributed by atoms with van der Waals surface area (Å²) in [6.07, 6.45) is 1.79. The second-order valence-electron chi connectivity index (χ2n) is 4.64. The van der Waals surface area contributed by atoms with Gasteiger partial charge in [-0.05, 0) is 30.7 Å². The second kappa shape index (κ2) is 5.47. The lowest BCUT2D eigenvalue weighted by molar-refractivity contribution is 1.04. The van der Waals surface area contributed by atoms with Crippen molar-refractivity contribution in [2.45, 2.75) is 13.5 Å². The van der Waals surface area contributed by atoms with Crippen LogP contribution >= 0.6 is 11.6 Å². The van der Waals surface area contributed by atoms with Gasteiger partial charge in [0.25, 0.3) is 0 Å². The number of nitrogens with one attached hydrogen (secondary N) is 1. The van der Waals surface area contributed by atoms with Gasteiger partial charge in [-0.15, -0.1) is 0 Å². The van der Waals surface area contributed by atoms with E-state index in [1.807, 2.05) is 49.4 Å². The maximum absolute atomic E-state index is 6.19. The number of aromatic nitrogens is 2. The Balaban J connectivity index is 1.83. The van der Waals surface area contributed by atoms with Crippen LogP contribution in [0, 0.1) is 6.92 Å². The summed E-state index contributed by atoms with van der Waals surface area (Å²) in [6.45, 7) is 2.63. The molecule has 0 aliphatic rings. The molecule has 0 amide bonds. The normalized spacial score (nSPS) is 10.7. The number of halogens is 1. The number of aryl methyl sites for hydroxylation is 1. The lowest BCUT2D eigenvalue weighted by atomic mass is 10.2. The number of anilines is 1. The van der Waals surface area contributed by atoms with E-state index in [2.05, 4.69) is 15.3 Å². The van der Waals surface area contributed by atoms with Crippen LogP contribution in [-0.2, 0) is 6.54 Å². The molecule has 0 fully saturated rings. The summed E-state index contributed by atoms with van der Waals surface area (Å²) in [5.74, 6) is 0. The van der Waals surface area contributed by atoms with Crippen molar-refractivity contribution in [3.63, 3.8) is 0 Å². The third-order valence-electron chi connectivity index (χ3n) is 3.17. The molecule has 0 bridgehead atoms. The SMILES string of the molecule is Cc1cccc(Cl)c1NCc1cnc2ccccc2n1. The van der Waals surface area contributed by atoms with E-state index in [4.69, 9.17) is 11.6 Å². The molecule has 0 saturated heterocycles. The van der Waals surface area contributed by atoms with Crippen LogP contribution in [0.4, 0.5) is 5.69 Å². The smallest absolute Gasteiger partial charge is 0.0890 e. The molecule has 0 radical (unpaired) electrons. The van der Waals surface area contributed by atoms with Crippen molar-refractivity contribution in [2.75, 3.05) is 5.32 Å². The Bertz CT molecular complexity index is 735. The molecule has 100 valence electrons. The molecule has 0 spiro atoms. The van der Waals surface area contributed by atoms with Gasteiger partial charge in [-0.2, -0.15) is 0 Å². The van der Waals surface area contributed by atoms with Crippen LogP contribution in [0.5, 0.6) is 0 Å². The zero-order valence-corrected chi connectivity index (χ0v) is 11.9. The molecule has 1 heterocycles. The Labute approximate surface area is 122 Å². The van der Waals surface area contributed by atoms with Crippen molar-refractivity contribution >= 4 is 28.3 Å². The standard InChI is InChI=1S/C16H14ClN3/c1-11-5-4-6-13(17)16(11)19-10-12-9-18-14-7-2-3-8-15(14)20-12/h2-9,19H,10H2,1H3. The first-order valence-corrected chi connectivity index (χ1v) is 6.81. The minimum Gasteiger partial charge on any atom is -0.378 e. The van der Waals surface area contributed by atoms with E-state index in [0.717, 1.165) is 33.0 Å². The maximum atomic E-state index is 6.19. The Hall–Kier alpha value is -2.13. The number of fused-ring (bicyclic) bond motifs is 1. The fourth-order valence-corrected chi connectivity index (χ4v) is 2.40. The Morgan fingerprint density at radius 1 is 1.05 bits per heavy atom. The van der Waals surface area contributed by atoms with Crippen LogP contribution in [0.1, 0.15) is 11.3 Å². The fraction of sp³-hybridized carbons (Fsp3) is 0.125. The Morgan fingerprint density at radius 3 is 2.65 bits per heavy atom. The highest BCUT2D eigenvalue weighted by atomic mass is 35.5. The van der Waals surface area contributed by atoms with Crippen LogP contribution in [-0.4, -0.2) is 9.97 Å². The average molecular weight is 284 g/mol. The maximum Gasteiger partial charge on any atom is 0.0890 e. The molecule has 2 aromatic carbocycles. The van der Waals surface area contributed by atoms with Crippen LogP contribution in [0.2, 0.25) is 5.02 Å². The molecule has 3 rings (SSSR count). The third kappa shape index (κ3) is 2.58. The first kappa shape index (κ1) is 12.9. The van der Waals surface area contributed by atoms with Gasteiger partial charge in [0.2, 0.25) is 0 Å². The number of benzene rings is 2. The minimum atomic E-state index is 0.600. The van der Waals surface area contributed by atoms with Gasteiger partial charge in [-0.1, -0.05) is 35.9 Å². The molecule has 20 heavy (non-hydrogen) atoms. The van der Waals surface area contributed by atoms with Gasteiger partial charge < -0.3 is 5.32 Å². The zero-order chi connectivity index (χ0) is 13.9. The van der Waals surface area contributed by atoms with E-state index in [1.54, 1.807) is 6.20 Å². The van der Waals surface area contributed by atoms with E-state index in [0.29, 0.717) is 6.54 Å². The van der Waals surface area contributed by atoms with Crippen LogP contribution in [0.25, 0.3) is 11.0 Å². The lowest BCUT2D eigenvalue weighted by Crippen LogP contribution is -2.04. The summed E-state index contributed by atoms with van der Waals surface area (Å²) in [7, 11) is 0. The minimum absolute atomic E-state index is 0.600. The molecule has 4 heteroatoms. The second-order valence-corrected chi connectivity index (χ2v) is 5.04. The van der Waals surface area contributed by atoms with Crippen molar-refractivity contribution in [1.82, 2.24) is 9.97 Å². The average Bonchev–Trinajstić information content (AvgIpc) is 2.46. The van der Waals surface area contributed by atoms with E-state index < -0.39 is 0 Å². The summed E-state index contributed by atoms with van der Waals surface area (Å²) < 4.78 is 0. The third-order valence-corrected chi connectivity index (χ3v) is 3.48. The summed E-state index contributed by atoms with van der Waals surface area (Å²) in [4.78, 5) is 8.98. The Kier molecular flexibility index (Phi) is 3.52. The van der Waals surface area contributed by atoms with Crippen molar-refractivity contribution < 1.29 is 0 Å². The van der Waals surface area contributed by atoms with E-state index in [-0.39, 0.29) is 0 Å². The molecule has 3 aromatic rings. The molecule has 0 unspecified atom stereocenters. The van der Waals surface area contributed by atoms with Gasteiger partial charge in [0.15, 0.2) is 0 Å². The largest absolute Gasteiger partial charge is 0.378 e. The summed E-state index contributed by atoms with van der Waals surface area (Å²) in [5, 5.41) is 4.05. The number of hydrogen-bond donors (Lipinski definition) is 1. The van der Waals surface area contributed by atoms with Gasteiger partial charge in [-0.3, -0.25) is 4.98 Å². The molecule has 3 nitrogen and oxygen atoms in total. The van der Waals surface area contributed by atoms with Gasteiger partial charge in [0, 0.05) is 0 Å². The van der Waals surface area contributed by atoms with Crippen LogP contribution in [0.3, 0.4) is 0 Å². The fourth-order valence-electron chi connectivity index (χ4n) is 2.12. The topological polar surface area (TPSA) is 37.8 Å². The number of para-hydroxylation sites is 3. The van der Waals surface area contributed by atoms with E-state index in [1.165, 1.54) is 0 Å². The number of nitrogens with zero attached hydrogens (tertiary/aromatic N) is 2. The van der Waals surface area contributed by atoms with E-state index >= 15 is 0 Å². The molecule has 1 N–H and O–H groups in total. The van der Waals surface area contributed by atoms with Crippen molar-refractivity contribution in [1.29, 1.82) is 0 Å². The number of hydrogen-bond acceptors (Lipinski definition) is 3. The van der Waals surface area contributed by atoms with Gasteiger partial charge in [0.05, 0.1) is 40.2 Å². The van der Waals surface area contributed by atoms with E-state index in [9.17, 15) is 0 Å². The number of rotatable bonds is 3. The highest BCUT2D eigenvalue weighted by Gasteiger charge is 2.04. The van der Waals surface area contributed by atoms with Crippen molar-refractivity contribution in [2.24, 2.45) is 0 Å². The molecule has 0 aliphatic carbocycles. The molecule has 0 aliphatic heterocycles. The van der Waals surface area contributed by atoms with Gasteiger partial charge in [0.1, 0.15) is 0 Å². The van der Waals surface area contributed by atoms with Crippen molar-refractivity contribution in [3.05, 3.63) is 64.9 Å². The van der Waals surface area contributed by atoms with Crippen LogP contribution in [0.15, 0.2) is 48.7 Å². The van der Waals surface area contributed by atoms with Gasteiger partial charge >= 0.3 is 0 Å². The van der Waals surface area contributed by atoms with Gasteiger partial charge in [-0.25, -0.2) is 4.98 Å². The first-order chi connectivity index (χ1) is 9.74. The molecule has 1 aromatic heterocycles. The van der Waals surface area contributed by atoms with Crippen molar-refractivity contribution in [3.8, 4) is 0 Å². The lowest BCUT2D eigenvalue weighted by Gasteiger charge is -2.11.